The van der Waals surface area contributed by atoms with Gasteiger partial charge in [0.05, 0.1) is 5.69 Å². The molecule has 2 rings (SSSR count). The number of nitrogens with zero attached hydrogens (tertiary/aromatic N) is 2. The van der Waals surface area contributed by atoms with Crippen molar-refractivity contribution in [2.24, 2.45) is 5.73 Å². The molecule has 3 N–H and O–H groups in total. The van der Waals surface area contributed by atoms with E-state index in [4.69, 9.17) is 5.73 Å². The van der Waals surface area contributed by atoms with Crippen LogP contribution < -0.4 is 5.73 Å². The fraction of sp³-hybridized carbons (Fsp3) is 0.400. The number of aliphatic hydroxyl groups is 1. The van der Waals surface area contributed by atoms with Crippen molar-refractivity contribution in [1.29, 1.82) is 0 Å². The van der Waals surface area contributed by atoms with Gasteiger partial charge in [-0.3, -0.25) is 4.68 Å². The zero-order chi connectivity index (χ0) is 13.9. The van der Waals surface area contributed by atoms with Crippen molar-refractivity contribution in [1.82, 2.24) is 9.78 Å². The highest BCUT2D eigenvalue weighted by molar-refractivity contribution is 5.22. The Hall–Kier alpha value is -1.65. The predicted molar refractivity (Wildman–Crippen MR) is 75.7 cm³/mol. The molecule has 0 amide bonds. The van der Waals surface area contributed by atoms with Gasteiger partial charge in [0.1, 0.15) is 5.60 Å². The van der Waals surface area contributed by atoms with Crippen LogP contribution in [0.2, 0.25) is 0 Å². The van der Waals surface area contributed by atoms with E-state index in [0.29, 0.717) is 13.0 Å². The zero-order valence-electron chi connectivity index (χ0n) is 11.5. The molecule has 0 fully saturated rings. The highest BCUT2D eigenvalue weighted by Crippen LogP contribution is 2.24. The van der Waals surface area contributed by atoms with Crippen LogP contribution >= 0.6 is 0 Å². The molecular formula is C15H21N3O. The maximum atomic E-state index is 10.7. The van der Waals surface area contributed by atoms with Gasteiger partial charge in [-0.15, -0.1) is 0 Å². The summed E-state index contributed by atoms with van der Waals surface area (Å²) in [4.78, 5) is 0. The number of hydrogen-bond acceptors (Lipinski definition) is 3. The normalized spacial score (nSPS) is 14.3. The largest absolute Gasteiger partial charge is 0.384 e. The molecule has 0 aliphatic heterocycles. The van der Waals surface area contributed by atoms with Crippen LogP contribution in [0.15, 0.2) is 36.4 Å². The Morgan fingerprint density at radius 3 is 2.47 bits per heavy atom. The lowest BCUT2D eigenvalue weighted by Crippen LogP contribution is -2.36. The minimum Gasteiger partial charge on any atom is -0.384 e. The predicted octanol–water partition coefficient (Wildman–Crippen LogP) is 1.74. The molecule has 0 aliphatic carbocycles. The van der Waals surface area contributed by atoms with Crippen LogP contribution in [-0.4, -0.2) is 21.4 Å². The van der Waals surface area contributed by atoms with Crippen molar-refractivity contribution in [2.45, 2.75) is 32.4 Å². The van der Waals surface area contributed by atoms with Crippen LogP contribution in [0.1, 0.15) is 23.4 Å². The summed E-state index contributed by atoms with van der Waals surface area (Å²) >= 11 is 0. The number of benzene rings is 1. The highest BCUT2D eigenvalue weighted by Gasteiger charge is 2.27. The Morgan fingerprint density at radius 1 is 1.26 bits per heavy atom. The Morgan fingerprint density at radius 2 is 1.95 bits per heavy atom. The smallest absolute Gasteiger partial charge is 0.104 e. The third kappa shape index (κ3) is 3.03. The van der Waals surface area contributed by atoms with E-state index >= 15 is 0 Å². The molecule has 0 saturated heterocycles. The van der Waals surface area contributed by atoms with E-state index in [-0.39, 0.29) is 6.54 Å². The quantitative estimate of drug-likeness (QED) is 0.859. The number of nitrogens with two attached hydrogens (primary N) is 1. The van der Waals surface area contributed by atoms with E-state index in [2.05, 4.69) is 5.10 Å². The minimum atomic E-state index is -0.993. The first kappa shape index (κ1) is 13.8. The maximum absolute atomic E-state index is 10.7. The van der Waals surface area contributed by atoms with Crippen molar-refractivity contribution in [3.8, 4) is 0 Å². The van der Waals surface area contributed by atoms with Gasteiger partial charge in [0.2, 0.25) is 0 Å². The molecule has 4 nitrogen and oxygen atoms in total. The van der Waals surface area contributed by atoms with Gasteiger partial charge in [0.25, 0.3) is 0 Å². The highest BCUT2D eigenvalue weighted by atomic mass is 16.3. The fourth-order valence-corrected chi connectivity index (χ4v) is 2.30. The molecule has 1 aromatic heterocycles. The second-order valence-electron chi connectivity index (χ2n) is 5.00. The van der Waals surface area contributed by atoms with E-state index in [1.54, 1.807) is 0 Å². The molecule has 1 aromatic carbocycles. The molecule has 2 aromatic rings. The fourth-order valence-electron chi connectivity index (χ4n) is 2.30. The Bertz CT molecular complexity index is 536. The lowest BCUT2D eigenvalue weighted by atomic mass is 9.90. The molecule has 4 heteroatoms. The topological polar surface area (TPSA) is 64.1 Å². The summed E-state index contributed by atoms with van der Waals surface area (Å²) in [6.07, 6.45) is 0.551. The van der Waals surface area contributed by atoms with Crippen molar-refractivity contribution in [3.63, 3.8) is 0 Å². The first-order valence-electron chi connectivity index (χ1n) is 6.54. The van der Waals surface area contributed by atoms with Gasteiger partial charge in [-0.1, -0.05) is 30.3 Å². The molecule has 0 spiro atoms. The lowest BCUT2D eigenvalue weighted by Gasteiger charge is -2.27. The van der Waals surface area contributed by atoms with E-state index in [9.17, 15) is 5.11 Å². The Labute approximate surface area is 113 Å². The third-order valence-corrected chi connectivity index (χ3v) is 3.49. The van der Waals surface area contributed by atoms with E-state index < -0.39 is 5.60 Å². The van der Waals surface area contributed by atoms with E-state index in [0.717, 1.165) is 17.0 Å². The monoisotopic (exact) mass is 259 g/mol. The maximum Gasteiger partial charge on any atom is 0.104 e. The zero-order valence-corrected chi connectivity index (χ0v) is 11.5. The van der Waals surface area contributed by atoms with E-state index in [1.165, 1.54) is 0 Å². The number of hydrogen-bond donors (Lipinski definition) is 2. The Balaban J connectivity index is 2.13. The summed E-state index contributed by atoms with van der Waals surface area (Å²) in [6, 6.07) is 11.6. The summed E-state index contributed by atoms with van der Waals surface area (Å²) in [7, 11) is 0. The van der Waals surface area contributed by atoms with Crippen LogP contribution in [0.25, 0.3) is 0 Å². The van der Waals surface area contributed by atoms with Crippen LogP contribution in [0.3, 0.4) is 0 Å². The molecule has 1 unspecified atom stereocenters. The standard InChI is InChI=1S/C15H21N3O/c1-12-10-13(2)18(17-12)9-8-15(19,11-16)14-6-4-3-5-7-14/h3-7,10,19H,8-9,11,16H2,1-2H3. The van der Waals surface area contributed by atoms with Crippen LogP contribution in [0.4, 0.5) is 0 Å². The van der Waals surface area contributed by atoms with Crippen molar-refractivity contribution < 1.29 is 5.11 Å². The number of aromatic nitrogens is 2. The molecule has 0 bridgehead atoms. The van der Waals surface area contributed by atoms with Gasteiger partial charge < -0.3 is 10.8 Å². The molecule has 1 heterocycles. The van der Waals surface area contributed by atoms with Gasteiger partial charge in [0.15, 0.2) is 0 Å². The van der Waals surface area contributed by atoms with Gasteiger partial charge in [0, 0.05) is 25.2 Å². The van der Waals surface area contributed by atoms with Crippen molar-refractivity contribution >= 4 is 0 Å². The average molecular weight is 259 g/mol. The lowest BCUT2D eigenvalue weighted by molar-refractivity contribution is 0.0311. The van der Waals surface area contributed by atoms with Gasteiger partial charge in [-0.25, -0.2) is 0 Å². The summed E-state index contributed by atoms with van der Waals surface area (Å²) in [5, 5.41) is 15.1. The minimum absolute atomic E-state index is 0.205. The van der Waals surface area contributed by atoms with Gasteiger partial charge in [-0.2, -0.15) is 5.10 Å². The summed E-state index contributed by atoms with van der Waals surface area (Å²) in [5.41, 5.74) is 7.73. The molecule has 0 aliphatic rings. The molecule has 0 radical (unpaired) electrons. The molecular weight excluding hydrogens is 238 g/mol. The summed E-state index contributed by atoms with van der Waals surface area (Å²) < 4.78 is 1.92. The second kappa shape index (κ2) is 5.55. The van der Waals surface area contributed by atoms with Gasteiger partial charge >= 0.3 is 0 Å². The average Bonchev–Trinajstić information content (AvgIpc) is 2.75. The number of rotatable bonds is 5. The van der Waals surface area contributed by atoms with Crippen LogP contribution in [0, 0.1) is 13.8 Å². The van der Waals surface area contributed by atoms with E-state index in [1.807, 2.05) is 54.9 Å². The van der Waals surface area contributed by atoms with Gasteiger partial charge in [-0.05, 0) is 25.5 Å². The molecule has 1 atom stereocenters. The summed E-state index contributed by atoms with van der Waals surface area (Å²) in [6.45, 7) is 4.85. The van der Waals surface area contributed by atoms with Crippen molar-refractivity contribution in [3.05, 3.63) is 53.3 Å². The first-order valence-corrected chi connectivity index (χ1v) is 6.54. The Kier molecular flexibility index (Phi) is 4.02. The third-order valence-electron chi connectivity index (χ3n) is 3.49. The SMILES string of the molecule is Cc1cc(C)n(CCC(O)(CN)c2ccccc2)n1. The summed E-state index contributed by atoms with van der Waals surface area (Å²) in [5.74, 6) is 0. The molecule has 19 heavy (non-hydrogen) atoms. The molecule has 0 saturated carbocycles. The van der Waals surface area contributed by atoms with Crippen LogP contribution in [-0.2, 0) is 12.1 Å². The second-order valence-corrected chi connectivity index (χ2v) is 5.00. The van der Waals surface area contributed by atoms with Crippen LogP contribution in [0.5, 0.6) is 0 Å². The number of aryl methyl sites for hydroxylation is 3. The first-order chi connectivity index (χ1) is 9.05. The molecule has 102 valence electrons. The van der Waals surface area contributed by atoms with Crippen molar-refractivity contribution in [2.75, 3.05) is 6.54 Å².